The van der Waals surface area contributed by atoms with E-state index >= 15 is 0 Å². The van der Waals surface area contributed by atoms with Gasteiger partial charge < -0.3 is 11.5 Å². The van der Waals surface area contributed by atoms with E-state index in [1.807, 2.05) is 45.9 Å². The van der Waals surface area contributed by atoms with Crippen molar-refractivity contribution in [3.63, 3.8) is 0 Å². The van der Waals surface area contributed by atoms with Gasteiger partial charge in [0.1, 0.15) is 0 Å². The van der Waals surface area contributed by atoms with Crippen LogP contribution in [0.1, 0.15) is 40.7 Å². The molecule has 1 aromatic carbocycles. The molecule has 1 aromatic rings. The van der Waals surface area contributed by atoms with Crippen LogP contribution in [0.15, 0.2) is 30.3 Å². The molecule has 0 bridgehead atoms. The van der Waals surface area contributed by atoms with Crippen molar-refractivity contribution in [2.75, 3.05) is 0 Å². The van der Waals surface area contributed by atoms with Gasteiger partial charge >= 0.3 is 0 Å². The number of benzene rings is 1. The summed E-state index contributed by atoms with van der Waals surface area (Å²) >= 11 is 0. The molecular weight excluding hydrogens is 650 g/mol. The molecular formula is C14H26Ac2N2-2. The molecule has 4 heteroatoms. The van der Waals surface area contributed by atoms with Crippen molar-refractivity contribution < 1.29 is 88.1 Å². The van der Waals surface area contributed by atoms with Crippen LogP contribution in [0.25, 0.3) is 11.5 Å². The summed E-state index contributed by atoms with van der Waals surface area (Å²) in [5.41, 5.74) is 15.1. The molecule has 0 saturated heterocycles. The van der Waals surface area contributed by atoms with E-state index in [-0.39, 0.29) is 107 Å². The fraction of sp³-hybridized carbons (Fsp3) is 0.571. The van der Waals surface area contributed by atoms with Crippen LogP contribution >= 0.6 is 0 Å². The van der Waals surface area contributed by atoms with Gasteiger partial charge in [-0.25, -0.2) is 0 Å². The monoisotopic (exact) mass is 676 g/mol. The van der Waals surface area contributed by atoms with Crippen molar-refractivity contribution >= 4 is 0 Å². The van der Waals surface area contributed by atoms with Gasteiger partial charge in [-0.2, -0.15) is 0 Å². The fourth-order valence-electron chi connectivity index (χ4n) is 1.11. The molecule has 0 aromatic heterocycles. The second-order valence-electron chi connectivity index (χ2n) is 4.70. The average molecular weight is 676 g/mol. The summed E-state index contributed by atoms with van der Waals surface area (Å²) in [6.45, 7) is 7.53. The summed E-state index contributed by atoms with van der Waals surface area (Å²) in [4.78, 5) is 0. The van der Waals surface area contributed by atoms with Crippen molar-refractivity contribution in [3.05, 3.63) is 47.4 Å². The maximum atomic E-state index is 7.67. The van der Waals surface area contributed by atoms with Crippen molar-refractivity contribution in [3.8, 4) is 0 Å². The molecule has 100 valence electrons. The zero-order valence-electron chi connectivity index (χ0n) is 11.3. The summed E-state index contributed by atoms with van der Waals surface area (Å²) in [5, 5.41) is 0. The SMILES string of the molecule is C.CC(C)([NH-])Cc1ccccc1.CC(C)[NH-].[Ac].[Ac]. The molecule has 2 radical (unpaired) electrons. The molecule has 0 amide bonds. The molecule has 0 spiro atoms. The third-order valence-electron chi connectivity index (χ3n) is 1.49. The fourth-order valence-corrected chi connectivity index (χ4v) is 1.11. The Morgan fingerprint density at radius 3 is 1.67 bits per heavy atom. The van der Waals surface area contributed by atoms with Crippen molar-refractivity contribution in [2.45, 2.75) is 53.1 Å². The Bertz CT molecular complexity index is 253. The molecule has 0 aliphatic carbocycles. The van der Waals surface area contributed by atoms with Gasteiger partial charge in [-0.05, 0) is 12.0 Å². The van der Waals surface area contributed by atoms with Gasteiger partial charge in [-0.15, -0.1) is 11.6 Å². The maximum Gasteiger partial charge on any atom is 0 e. The quantitative estimate of drug-likeness (QED) is 0.417. The largest absolute Gasteiger partial charge is 0.675 e. The Kier molecular flexibility index (Phi) is 24.2. The molecule has 0 aliphatic heterocycles. The molecule has 0 fully saturated rings. The minimum absolute atomic E-state index is 0. The minimum atomic E-state index is -0.346. The first-order valence-corrected chi connectivity index (χ1v) is 5.31. The van der Waals surface area contributed by atoms with E-state index < -0.39 is 0 Å². The van der Waals surface area contributed by atoms with Crippen LogP contribution in [0.3, 0.4) is 0 Å². The topological polar surface area (TPSA) is 47.6 Å². The van der Waals surface area contributed by atoms with E-state index in [4.69, 9.17) is 11.5 Å². The van der Waals surface area contributed by atoms with Crippen LogP contribution in [0.4, 0.5) is 0 Å². The Balaban J connectivity index is -0.000000125. The van der Waals surface area contributed by atoms with Crippen molar-refractivity contribution in [2.24, 2.45) is 0 Å². The predicted octanol–water partition coefficient (Wildman–Crippen LogP) is 5.14. The van der Waals surface area contributed by atoms with Crippen LogP contribution in [0, 0.1) is 88.1 Å². The van der Waals surface area contributed by atoms with Crippen molar-refractivity contribution in [1.82, 2.24) is 0 Å². The van der Waals surface area contributed by atoms with Gasteiger partial charge in [0.25, 0.3) is 0 Å². The molecule has 1 rings (SSSR count). The van der Waals surface area contributed by atoms with Crippen LogP contribution in [0.5, 0.6) is 0 Å². The number of hydrogen-bond acceptors (Lipinski definition) is 0. The van der Waals surface area contributed by atoms with E-state index in [2.05, 4.69) is 12.1 Å². The third-order valence-corrected chi connectivity index (χ3v) is 1.49. The van der Waals surface area contributed by atoms with Crippen LogP contribution in [-0.2, 0) is 6.42 Å². The Hall–Kier alpha value is 2.02. The van der Waals surface area contributed by atoms with Crippen LogP contribution < -0.4 is 0 Å². The first-order chi connectivity index (χ1) is 6.81. The maximum absolute atomic E-state index is 7.67. The zero-order chi connectivity index (χ0) is 11.9. The van der Waals surface area contributed by atoms with Crippen LogP contribution in [0.2, 0.25) is 0 Å². The van der Waals surface area contributed by atoms with Gasteiger partial charge in [0.2, 0.25) is 0 Å². The van der Waals surface area contributed by atoms with Crippen molar-refractivity contribution in [1.29, 1.82) is 0 Å². The third kappa shape index (κ3) is 23.1. The van der Waals surface area contributed by atoms with Crippen LogP contribution in [-0.4, -0.2) is 11.6 Å². The molecule has 0 unspecified atom stereocenters. The van der Waals surface area contributed by atoms with Gasteiger partial charge in [0.05, 0.1) is 0 Å². The Morgan fingerprint density at radius 1 is 1.06 bits per heavy atom. The molecule has 18 heavy (non-hydrogen) atoms. The molecule has 0 aliphatic rings. The normalized spacial score (nSPS) is 9.06. The summed E-state index contributed by atoms with van der Waals surface area (Å²) < 4.78 is 0. The number of nitrogens with one attached hydrogen (secondary N) is 2. The zero-order valence-corrected chi connectivity index (χ0v) is 20.8. The summed E-state index contributed by atoms with van der Waals surface area (Å²) in [5.74, 6) is 0. The molecule has 2 nitrogen and oxygen atoms in total. The Morgan fingerprint density at radius 2 is 1.39 bits per heavy atom. The second kappa shape index (κ2) is 15.4. The van der Waals surface area contributed by atoms with E-state index in [1.54, 1.807) is 0 Å². The Labute approximate surface area is 185 Å². The van der Waals surface area contributed by atoms with E-state index in [1.165, 1.54) is 5.56 Å². The smallest absolute Gasteiger partial charge is 0 e. The average Bonchev–Trinajstić information content (AvgIpc) is 2.01. The first kappa shape index (κ1) is 28.2. The second-order valence-corrected chi connectivity index (χ2v) is 4.70. The van der Waals surface area contributed by atoms with Gasteiger partial charge in [-0.3, -0.25) is 0 Å². The van der Waals surface area contributed by atoms with Gasteiger partial charge in [0, 0.05) is 88.1 Å². The standard InChI is InChI=1S/C10H14N.C3H8N.CH4.2Ac/c1-10(2,11)8-9-6-4-3-5-7-9;1-3(2)4;;;/h3-7,11H,8H2,1-2H3;3-4H,1-2H3;1H4;;/q2*-1;;;. The first-order valence-electron chi connectivity index (χ1n) is 5.31. The molecule has 0 heterocycles. The number of rotatable bonds is 2. The molecule has 0 atom stereocenters. The summed E-state index contributed by atoms with van der Waals surface area (Å²) in [6.07, 6.45) is 0.827. The number of hydrogen-bond donors (Lipinski definition) is 0. The molecule has 2 N–H and O–H groups in total. The van der Waals surface area contributed by atoms with E-state index in [9.17, 15) is 0 Å². The summed E-state index contributed by atoms with van der Waals surface area (Å²) in [6, 6.07) is 10.2. The predicted molar refractivity (Wildman–Crippen MR) is 74.7 cm³/mol. The van der Waals surface area contributed by atoms with E-state index in [0.717, 1.165) is 6.42 Å². The minimum Gasteiger partial charge on any atom is -0.675 e. The van der Waals surface area contributed by atoms with Gasteiger partial charge in [0.15, 0.2) is 0 Å². The molecule has 0 saturated carbocycles. The summed E-state index contributed by atoms with van der Waals surface area (Å²) in [7, 11) is 0. The van der Waals surface area contributed by atoms with Gasteiger partial charge in [-0.1, -0.05) is 65.5 Å². The van der Waals surface area contributed by atoms with E-state index in [0.29, 0.717) is 0 Å².